The molecule has 0 aliphatic heterocycles. The molecule has 25 heavy (non-hydrogen) atoms. The van der Waals surface area contributed by atoms with E-state index in [9.17, 15) is 9.59 Å². The first-order valence-corrected chi connectivity index (χ1v) is 10.7. The van der Waals surface area contributed by atoms with E-state index in [0.717, 1.165) is 12.5 Å². The third-order valence-corrected chi connectivity index (χ3v) is 5.79. The van der Waals surface area contributed by atoms with Crippen molar-refractivity contribution in [1.29, 1.82) is 0 Å². The SMILES string of the molecule is CCOC(=O)CC(NCC(C)(C)CC[SiH2]C(OC)OC)C(=O)OCC. The van der Waals surface area contributed by atoms with Gasteiger partial charge in [-0.3, -0.25) is 9.59 Å². The zero-order valence-corrected chi connectivity index (χ0v) is 18.0. The van der Waals surface area contributed by atoms with Crippen molar-refractivity contribution in [3.8, 4) is 0 Å². The highest BCUT2D eigenvalue weighted by atomic mass is 28.2. The number of carbonyl (C=O) groups is 2. The van der Waals surface area contributed by atoms with Crippen molar-refractivity contribution < 1.29 is 28.5 Å². The van der Waals surface area contributed by atoms with Gasteiger partial charge in [-0.1, -0.05) is 19.9 Å². The highest BCUT2D eigenvalue weighted by Gasteiger charge is 2.27. The molecule has 0 aromatic heterocycles. The van der Waals surface area contributed by atoms with E-state index >= 15 is 0 Å². The van der Waals surface area contributed by atoms with Crippen LogP contribution in [0.5, 0.6) is 0 Å². The quantitative estimate of drug-likeness (QED) is 0.275. The minimum Gasteiger partial charge on any atom is -0.466 e. The van der Waals surface area contributed by atoms with E-state index in [4.69, 9.17) is 18.9 Å². The normalized spacial score (nSPS) is 13.4. The monoisotopic (exact) mass is 377 g/mol. The second-order valence-electron chi connectivity index (χ2n) is 6.65. The summed E-state index contributed by atoms with van der Waals surface area (Å²) < 4.78 is 20.5. The molecule has 0 aromatic carbocycles. The first-order chi connectivity index (χ1) is 11.8. The molecule has 0 rings (SSSR count). The maximum absolute atomic E-state index is 12.1. The number of hydrogen-bond acceptors (Lipinski definition) is 7. The van der Waals surface area contributed by atoms with Crippen molar-refractivity contribution in [3.05, 3.63) is 0 Å². The summed E-state index contributed by atoms with van der Waals surface area (Å²) in [5.74, 6) is -0.874. The van der Waals surface area contributed by atoms with Gasteiger partial charge in [0, 0.05) is 20.8 Å². The summed E-state index contributed by atoms with van der Waals surface area (Å²) in [5.41, 5.74) is -0.0154. The van der Waals surface area contributed by atoms with Crippen molar-refractivity contribution in [2.75, 3.05) is 34.0 Å². The zero-order chi connectivity index (χ0) is 19.3. The van der Waals surface area contributed by atoms with Gasteiger partial charge in [0.1, 0.15) is 12.0 Å². The van der Waals surface area contributed by atoms with Gasteiger partial charge < -0.3 is 24.3 Å². The molecular formula is C17H35NO6Si. The molecule has 1 unspecified atom stereocenters. The minimum absolute atomic E-state index is 0.0154. The van der Waals surface area contributed by atoms with Crippen molar-refractivity contribution in [1.82, 2.24) is 5.32 Å². The fourth-order valence-electron chi connectivity index (χ4n) is 2.44. The first-order valence-electron chi connectivity index (χ1n) is 8.90. The second kappa shape index (κ2) is 13.3. The third kappa shape index (κ3) is 11.3. The zero-order valence-electron chi connectivity index (χ0n) is 16.6. The lowest BCUT2D eigenvalue weighted by Gasteiger charge is -2.28. The molecule has 0 saturated carbocycles. The number of esters is 2. The molecule has 0 aliphatic rings. The van der Waals surface area contributed by atoms with Gasteiger partial charge in [0.25, 0.3) is 0 Å². The van der Waals surface area contributed by atoms with Gasteiger partial charge >= 0.3 is 11.9 Å². The molecule has 0 aliphatic carbocycles. The smallest absolute Gasteiger partial charge is 0.323 e. The Kier molecular flexibility index (Phi) is 12.8. The molecular weight excluding hydrogens is 342 g/mol. The van der Waals surface area contributed by atoms with E-state index in [-0.39, 0.29) is 24.4 Å². The van der Waals surface area contributed by atoms with Crippen molar-refractivity contribution in [2.24, 2.45) is 5.41 Å². The van der Waals surface area contributed by atoms with E-state index in [1.54, 1.807) is 28.1 Å². The van der Waals surface area contributed by atoms with E-state index < -0.39 is 27.5 Å². The summed E-state index contributed by atoms with van der Waals surface area (Å²) >= 11 is 0. The fraction of sp³-hybridized carbons (Fsp3) is 0.882. The number of hydrogen-bond donors (Lipinski definition) is 1. The Balaban J connectivity index is 4.51. The lowest BCUT2D eigenvalue weighted by atomic mass is 9.90. The molecule has 0 saturated heterocycles. The molecule has 1 atom stereocenters. The van der Waals surface area contributed by atoms with Gasteiger partial charge in [-0.15, -0.1) is 0 Å². The maximum atomic E-state index is 12.1. The molecule has 0 radical (unpaired) electrons. The van der Waals surface area contributed by atoms with Gasteiger partial charge in [-0.05, 0) is 25.7 Å². The Morgan fingerprint density at radius 2 is 1.68 bits per heavy atom. The van der Waals surface area contributed by atoms with Gasteiger partial charge in [0.2, 0.25) is 0 Å². The standard InChI is InChI=1S/C17H35NO6Si/c1-7-23-14(19)11-13(15(20)24-8-2)18-12-17(3,4)9-10-25-16(21-5)22-6/h13,16,18H,7-12,25H2,1-6H3. The number of ether oxygens (including phenoxy) is 4. The molecule has 0 aromatic rings. The number of carbonyl (C=O) groups excluding carboxylic acids is 2. The van der Waals surface area contributed by atoms with Gasteiger partial charge in [0.15, 0.2) is 0 Å². The van der Waals surface area contributed by atoms with E-state index in [1.807, 2.05) is 0 Å². The molecule has 148 valence electrons. The van der Waals surface area contributed by atoms with Crippen LogP contribution < -0.4 is 5.32 Å². The van der Waals surface area contributed by atoms with E-state index in [0.29, 0.717) is 13.2 Å². The first kappa shape index (κ1) is 24.0. The minimum atomic E-state index is -0.679. The summed E-state index contributed by atoms with van der Waals surface area (Å²) in [6.45, 7) is 8.94. The molecule has 7 nitrogen and oxygen atoms in total. The van der Waals surface area contributed by atoms with Crippen LogP contribution in [-0.4, -0.2) is 67.4 Å². The summed E-state index contributed by atoms with van der Waals surface area (Å²) in [5, 5.41) is 3.18. The van der Waals surface area contributed by atoms with Crippen LogP contribution in [0.2, 0.25) is 6.04 Å². The highest BCUT2D eigenvalue weighted by Crippen LogP contribution is 2.22. The van der Waals surface area contributed by atoms with Crippen LogP contribution in [0.3, 0.4) is 0 Å². The topological polar surface area (TPSA) is 83.1 Å². The van der Waals surface area contributed by atoms with Crippen molar-refractivity contribution >= 4 is 21.5 Å². The lowest BCUT2D eigenvalue weighted by Crippen LogP contribution is -2.44. The Morgan fingerprint density at radius 3 is 2.20 bits per heavy atom. The van der Waals surface area contributed by atoms with Gasteiger partial charge in [-0.25, -0.2) is 0 Å². The molecule has 8 heteroatoms. The predicted molar refractivity (Wildman–Crippen MR) is 99.2 cm³/mol. The maximum Gasteiger partial charge on any atom is 0.323 e. The Labute approximate surface area is 153 Å². The van der Waals surface area contributed by atoms with Crippen molar-refractivity contribution in [2.45, 2.75) is 58.5 Å². The van der Waals surface area contributed by atoms with Crippen LogP contribution in [0, 0.1) is 5.41 Å². The third-order valence-electron chi connectivity index (χ3n) is 3.89. The molecule has 0 amide bonds. The number of nitrogens with one attached hydrogen (secondary N) is 1. The molecule has 1 N–H and O–H groups in total. The lowest BCUT2D eigenvalue weighted by molar-refractivity contribution is -0.152. The predicted octanol–water partition coefficient (Wildman–Crippen LogP) is 1.04. The summed E-state index contributed by atoms with van der Waals surface area (Å²) in [6, 6.07) is 0.393. The molecule has 0 bridgehead atoms. The molecule has 0 spiro atoms. The average molecular weight is 378 g/mol. The Bertz CT molecular complexity index is 387. The second-order valence-corrected chi connectivity index (χ2v) is 8.60. The van der Waals surface area contributed by atoms with Crippen LogP contribution >= 0.6 is 0 Å². The largest absolute Gasteiger partial charge is 0.466 e. The van der Waals surface area contributed by atoms with Crippen molar-refractivity contribution in [3.63, 3.8) is 0 Å². The summed E-state index contributed by atoms with van der Waals surface area (Å²) in [4.78, 5) is 23.8. The number of rotatable bonds is 14. The summed E-state index contributed by atoms with van der Waals surface area (Å²) in [6.07, 6.45) is 0.970. The van der Waals surface area contributed by atoms with Crippen LogP contribution in [0.15, 0.2) is 0 Å². The Morgan fingerprint density at radius 1 is 1.08 bits per heavy atom. The molecule has 0 heterocycles. The number of methoxy groups -OCH3 is 2. The van der Waals surface area contributed by atoms with Crippen LogP contribution in [0.1, 0.15) is 40.5 Å². The van der Waals surface area contributed by atoms with Gasteiger partial charge in [-0.2, -0.15) is 0 Å². The highest BCUT2D eigenvalue weighted by molar-refractivity contribution is 6.36. The average Bonchev–Trinajstić information content (AvgIpc) is 2.56. The van der Waals surface area contributed by atoms with Crippen LogP contribution in [-0.2, 0) is 28.5 Å². The van der Waals surface area contributed by atoms with Crippen LogP contribution in [0.4, 0.5) is 0 Å². The summed E-state index contributed by atoms with van der Waals surface area (Å²) in [7, 11) is 2.84. The van der Waals surface area contributed by atoms with E-state index in [1.165, 1.54) is 0 Å². The fourth-order valence-corrected chi connectivity index (χ4v) is 4.40. The van der Waals surface area contributed by atoms with E-state index in [2.05, 4.69) is 19.2 Å². The van der Waals surface area contributed by atoms with Gasteiger partial charge in [0.05, 0.1) is 29.2 Å². The Hall–Kier alpha value is -0.963. The molecule has 0 fully saturated rings. The van der Waals surface area contributed by atoms with Crippen LogP contribution in [0.25, 0.3) is 0 Å².